The number of benzene rings is 1. The van der Waals surface area contributed by atoms with Crippen molar-refractivity contribution in [2.24, 2.45) is 0 Å². The van der Waals surface area contributed by atoms with E-state index in [1.54, 1.807) is 13.0 Å². The van der Waals surface area contributed by atoms with Gasteiger partial charge in [0.05, 0.1) is 5.56 Å². The molecule has 4 heteroatoms. The molecule has 0 saturated heterocycles. The van der Waals surface area contributed by atoms with E-state index < -0.39 is 11.7 Å². The Bertz CT molecular complexity index is 412. The van der Waals surface area contributed by atoms with E-state index in [2.05, 4.69) is 15.9 Å². The van der Waals surface area contributed by atoms with Crippen molar-refractivity contribution in [3.8, 4) is 0 Å². The predicted octanol–water partition coefficient (Wildman–Crippen LogP) is 5.04. The summed E-state index contributed by atoms with van der Waals surface area (Å²) in [5.74, 6) is 0.404. The fourth-order valence-corrected chi connectivity index (χ4v) is 3.23. The maximum Gasteiger partial charge on any atom is 0.416 e. The molecule has 2 atom stereocenters. The van der Waals surface area contributed by atoms with Gasteiger partial charge in [0.15, 0.2) is 0 Å². The third kappa shape index (κ3) is 2.84. The van der Waals surface area contributed by atoms with Gasteiger partial charge in [0.2, 0.25) is 0 Å². The van der Waals surface area contributed by atoms with Crippen molar-refractivity contribution in [2.75, 3.05) is 0 Å². The molecule has 0 nitrogen and oxygen atoms in total. The lowest BCUT2D eigenvalue weighted by molar-refractivity contribution is -0.137. The quantitative estimate of drug-likeness (QED) is 0.637. The Kier molecular flexibility index (Phi) is 3.53. The highest BCUT2D eigenvalue weighted by molar-refractivity contribution is 9.09. The van der Waals surface area contributed by atoms with E-state index in [1.165, 1.54) is 12.1 Å². The van der Waals surface area contributed by atoms with E-state index in [9.17, 15) is 13.2 Å². The molecule has 0 radical (unpaired) electrons. The van der Waals surface area contributed by atoms with Gasteiger partial charge in [-0.3, -0.25) is 0 Å². The van der Waals surface area contributed by atoms with Gasteiger partial charge in [-0.25, -0.2) is 0 Å². The van der Waals surface area contributed by atoms with Crippen LogP contribution >= 0.6 is 15.9 Å². The van der Waals surface area contributed by atoms with E-state index in [0.717, 1.165) is 30.4 Å². The molecule has 0 N–H and O–H groups in total. The van der Waals surface area contributed by atoms with Crippen LogP contribution in [0.2, 0.25) is 0 Å². The third-order valence-electron chi connectivity index (χ3n) is 3.41. The third-order valence-corrected chi connectivity index (χ3v) is 4.24. The summed E-state index contributed by atoms with van der Waals surface area (Å²) in [6.45, 7) is 1.77. The summed E-state index contributed by atoms with van der Waals surface area (Å²) in [6, 6.07) is 4.11. The minimum atomic E-state index is -4.24. The molecule has 1 saturated carbocycles. The smallest absolute Gasteiger partial charge is 0.166 e. The van der Waals surface area contributed by atoms with Crippen LogP contribution in [-0.4, -0.2) is 4.83 Å². The van der Waals surface area contributed by atoms with Crippen LogP contribution in [0.3, 0.4) is 0 Å². The molecule has 0 spiro atoms. The summed E-state index contributed by atoms with van der Waals surface area (Å²) in [7, 11) is 0. The number of rotatable bonds is 1. The lowest BCUT2D eigenvalue weighted by Crippen LogP contribution is -2.07. The predicted molar refractivity (Wildman–Crippen MR) is 65.5 cm³/mol. The summed E-state index contributed by atoms with van der Waals surface area (Å²) in [4.78, 5) is 0.509. The molecule has 0 amide bonds. The number of hydrogen-bond donors (Lipinski definition) is 0. The number of alkyl halides is 4. The van der Waals surface area contributed by atoms with Gasteiger partial charge in [0.25, 0.3) is 0 Å². The Morgan fingerprint density at radius 1 is 1.24 bits per heavy atom. The average Bonchev–Trinajstić information content (AvgIpc) is 2.63. The van der Waals surface area contributed by atoms with Gasteiger partial charge in [0.1, 0.15) is 0 Å². The minimum absolute atomic E-state index is 0.404. The number of hydrogen-bond acceptors (Lipinski definition) is 0. The fraction of sp³-hybridized carbons (Fsp3) is 0.538. The zero-order valence-electron chi connectivity index (χ0n) is 9.52. The van der Waals surface area contributed by atoms with Crippen LogP contribution in [-0.2, 0) is 6.18 Å². The van der Waals surface area contributed by atoms with Gasteiger partial charge in [-0.1, -0.05) is 22.0 Å². The fourth-order valence-electron chi connectivity index (χ4n) is 2.52. The SMILES string of the molecule is Cc1cc(C(F)(F)F)ccc1C1CCC(Br)C1. The monoisotopic (exact) mass is 306 g/mol. The van der Waals surface area contributed by atoms with Crippen LogP contribution in [0, 0.1) is 6.92 Å². The maximum atomic E-state index is 12.5. The molecule has 2 rings (SSSR count). The van der Waals surface area contributed by atoms with Crippen LogP contribution in [0.1, 0.15) is 41.9 Å². The Balaban J connectivity index is 2.26. The molecular formula is C13H14BrF3. The second-order valence-corrected chi connectivity index (χ2v) is 5.97. The first-order chi connectivity index (χ1) is 7.88. The van der Waals surface area contributed by atoms with Crippen molar-refractivity contribution in [1.82, 2.24) is 0 Å². The number of aryl methyl sites for hydroxylation is 1. The molecule has 0 aromatic heterocycles. The summed E-state index contributed by atoms with van der Waals surface area (Å²) in [5, 5.41) is 0. The van der Waals surface area contributed by atoms with E-state index in [-0.39, 0.29) is 0 Å². The van der Waals surface area contributed by atoms with Crippen LogP contribution < -0.4 is 0 Å². The van der Waals surface area contributed by atoms with Gasteiger partial charge < -0.3 is 0 Å². The Morgan fingerprint density at radius 2 is 1.94 bits per heavy atom. The molecule has 0 heterocycles. The largest absolute Gasteiger partial charge is 0.416 e. The number of halogens is 4. The van der Waals surface area contributed by atoms with Crippen molar-refractivity contribution < 1.29 is 13.2 Å². The molecule has 1 aliphatic carbocycles. The van der Waals surface area contributed by atoms with Crippen molar-refractivity contribution in [1.29, 1.82) is 0 Å². The van der Waals surface area contributed by atoms with E-state index >= 15 is 0 Å². The topological polar surface area (TPSA) is 0 Å². The van der Waals surface area contributed by atoms with Gasteiger partial charge >= 0.3 is 6.18 Å². The van der Waals surface area contributed by atoms with Crippen LogP contribution in [0.25, 0.3) is 0 Å². The van der Waals surface area contributed by atoms with Crippen LogP contribution in [0.5, 0.6) is 0 Å². The molecule has 0 aliphatic heterocycles. The summed E-state index contributed by atoms with van der Waals surface area (Å²) in [5.41, 5.74) is 1.28. The lowest BCUT2D eigenvalue weighted by Gasteiger charge is -2.15. The van der Waals surface area contributed by atoms with Crippen LogP contribution in [0.4, 0.5) is 13.2 Å². The Morgan fingerprint density at radius 3 is 2.41 bits per heavy atom. The first-order valence-corrected chi connectivity index (χ1v) is 6.61. The van der Waals surface area contributed by atoms with E-state index in [0.29, 0.717) is 10.7 Å². The Hall–Kier alpha value is -0.510. The zero-order valence-corrected chi connectivity index (χ0v) is 11.1. The zero-order chi connectivity index (χ0) is 12.6. The minimum Gasteiger partial charge on any atom is -0.166 e. The molecule has 1 aliphatic rings. The highest BCUT2D eigenvalue weighted by atomic mass is 79.9. The summed E-state index contributed by atoms with van der Waals surface area (Å²) in [6.07, 6.45) is -1.06. The van der Waals surface area contributed by atoms with Crippen molar-refractivity contribution in [3.05, 3.63) is 34.9 Å². The molecule has 94 valence electrons. The second-order valence-electron chi connectivity index (χ2n) is 4.68. The lowest BCUT2D eigenvalue weighted by atomic mass is 9.92. The first kappa shape index (κ1) is 12.9. The first-order valence-electron chi connectivity index (χ1n) is 5.69. The Labute approximate surface area is 107 Å². The molecule has 1 fully saturated rings. The van der Waals surface area contributed by atoms with Gasteiger partial charge in [0, 0.05) is 4.83 Å². The van der Waals surface area contributed by atoms with Crippen molar-refractivity contribution in [3.63, 3.8) is 0 Å². The molecule has 1 aromatic carbocycles. The van der Waals surface area contributed by atoms with Crippen molar-refractivity contribution in [2.45, 2.75) is 43.1 Å². The standard InChI is InChI=1S/C13H14BrF3/c1-8-6-10(13(15,16)17)3-5-12(8)9-2-4-11(14)7-9/h3,5-6,9,11H,2,4,7H2,1H3. The highest BCUT2D eigenvalue weighted by Gasteiger charge is 2.32. The molecule has 2 unspecified atom stereocenters. The highest BCUT2D eigenvalue weighted by Crippen LogP contribution is 2.40. The summed E-state index contributed by atoms with van der Waals surface area (Å²) >= 11 is 3.57. The van der Waals surface area contributed by atoms with E-state index in [4.69, 9.17) is 0 Å². The van der Waals surface area contributed by atoms with Gasteiger partial charge in [-0.15, -0.1) is 0 Å². The van der Waals surface area contributed by atoms with Crippen LogP contribution in [0.15, 0.2) is 18.2 Å². The molecule has 1 aromatic rings. The average molecular weight is 307 g/mol. The molecule has 17 heavy (non-hydrogen) atoms. The van der Waals surface area contributed by atoms with Gasteiger partial charge in [-0.2, -0.15) is 13.2 Å². The van der Waals surface area contributed by atoms with Gasteiger partial charge in [-0.05, 0) is 55.4 Å². The van der Waals surface area contributed by atoms with E-state index in [1.807, 2.05) is 0 Å². The normalized spacial score (nSPS) is 25.2. The summed E-state index contributed by atoms with van der Waals surface area (Å²) < 4.78 is 37.6. The second kappa shape index (κ2) is 4.63. The maximum absolute atomic E-state index is 12.5. The molecular weight excluding hydrogens is 293 g/mol. The molecule has 0 bridgehead atoms. The van der Waals surface area contributed by atoms with Crippen molar-refractivity contribution >= 4 is 15.9 Å².